The number of H-pyrrole nitrogens is 1. The molecule has 0 spiro atoms. The molecular formula is C13H16N4OS. The van der Waals surface area contributed by atoms with Crippen LogP contribution in [0, 0.1) is 0 Å². The van der Waals surface area contributed by atoms with Crippen molar-refractivity contribution < 1.29 is 4.79 Å². The predicted molar refractivity (Wildman–Crippen MR) is 73.4 cm³/mol. The molecule has 0 saturated carbocycles. The van der Waals surface area contributed by atoms with Crippen LogP contribution in [0.25, 0.3) is 0 Å². The number of aromatic amines is 1. The van der Waals surface area contributed by atoms with Gasteiger partial charge in [-0.1, -0.05) is 0 Å². The number of fused-ring (bicyclic) bond motifs is 1. The standard InChI is InChI=1S/C13H16N4OS/c18-12(16-6-5-11-14-7-8-15-11)13-17-9-3-1-2-4-10(9)19-13/h7-8H,1-6H2,(H,14,15)(H,16,18). The zero-order valence-electron chi connectivity index (χ0n) is 10.6. The summed E-state index contributed by atoms with van der Waals surface area (Å²) in [6.45, 7) is 0.580. The average Bonchev–Trinajstić information content (AvgIpc) is 3.07. The SMILES string of the molecule is O=C(NCCc1ncc[nH]1)c1nc2c(s1)CCCC2. The molecule has 1 aliphatic carbocycles. The van der Waals surface area contributed by atoms with E-state index in [0.717, 1.165) is 24.4 Å². The van der Waals surface area contributed by atoms with Gasteiger partial charge in [0.15, 0.2) is 5.01 Å². The van der Waals surface area contributed by atoms with Crippen LogP contribution in [-0.2, 0) is 19.3 Å². The number of rotatable bonds is 4. The Labute approximate surface area is 115 Å². The second-order valence-corrected chi connectivity index (χ2v) is 5.72. The van der Waals surface area contributed by atoms with Gasteiger partial charge in [0, 0.05) is 30.2 Å². The summed E-state index contributed by atoms with van der Waals surface area (Å²) in [5.74, 6) is 0.824. The Kier molecular flexibility index (Phi) is 3.59. The topological polar surface area (TPSA) is 70.7 Å². The van der Waals surface area contributed by atoms with Gasteiger partial charge < -0.3 is 10.3 Å². The van der Waals surface area contributed by atoms with Crippen LogP contribution in [-0.4, -0.2) is 27.4 Å². The summed E-state index contributed by atoms with van der Waals surface area (Å²) in [5.41, 5.74) is 1.13. The molecule has 19 heavy (non-hydrogen) atoms. The van der Waals surface area contributed by atoms with Gasteiger partial charge in [-0.15, -0.1) is 11.3 Å². The number of nitrogens with zero attached hydrogens (tertiary/aromatic N) is 2. The maximum absolute atomic E-state index is 12.0. The molecular weight excluding hydrogens is 260 g/mol. The van der Waals surface area contributed by atoms with E-state index in [1.165, 1.54) is 17.7 Å². The van der Waals surface area contributed by atoms with E-state index in [1.54, 1.807) is 23.7 Å². The van der Waals surface area contributed by atoms with Crippen molar-refractivity contribution in [2.24, 2.45) is 0 Å². The third-order valence-corrected chi connectivity index (χ3v) is 4.40. The molecule has 0 fully saturated rings. The molecule has 0 atom stereocenters. The summed E-state index contributed by atoms with van der Waals surface area (Å²) in [5, 5.41) is 3.50. The van der Waals surface area contributed by atoms with Gasteiger partial charge in [0.2, 0.25) is 0 Å². The first-order valence-corrected chi connectivity index (χ1v) is 7.39. The quantitative estimate of drug-likeness (QED) is 0.893. The van der Waals surface area contributed by atoms with Crippen molar-refractivity contribution in [3.63, 3.8) is 0 Å². The Hall–Kier alpha value is -1.69. The molecule has 2 aromatic heterocycles. The van der Waals surface area contributed by atoms with Crippen molar-refractivity contribution in [3.8, 4) is 0 Å². The van der Waals surface area contributed by atoms with Gasteiger partial charge in [-0.25, -0.2) is 9.97 Å². The Morgan fingerprint density at radius 3 is 3.11 bits per heavy atom. The first kappa shape index (κ1) is 12.3. The van der Waals surface area contributed by atoms with Crippen LogP contribution < -0.4 is 5.32 Å². The third kappa shape index (κ3) is 2.84. The summed E-state index contributed by atoms with van der Waals surface area (Å²) in [6.07, 6.45) is 8.71. The molecule has 6 heteroatoms. The Morgan fingerprint density at radius 2 is 2.32 bits per heavy atom. The summed E-state index contributed by atoms with van der Waals surface area (Å²) in [4.78, 5) is 24.9. The molecule has 5 nitrogen and oxygen atoms in total. The fourth-order valence-corrected chi connectivity index (χ4v) is 3.32. The van der Waals surface area contributed by atoms with Gasteiger partial charge in [0.05, 0.1) is 5.69 Å². The molecule has 2 heterocycles. The maximum atomic E-state index is 12.0. The normalized spacial score (nSPS) is 14.1. The maximum Gasteiger partial charge on any atom is 0.280 e. The molecule has 0 radical (unpaired) electrons. The monoisotopic (exact) mass is 276 g/mol. The minimum atomic E-state index is -0.0639. The van der Waals surface area contributed by atoms with E-state index in [1.807, 2.05) is 0 Å². The first-order chi connectivity index (χ1) is 9.33. The highest BCUT2D eigenvalue weighted by atomic mass is 32.1. The van der Waals surface area contributed by atoms with Crippen LogP contribution in [0.2, 0.25) is 0 Å². The van der Waals surface area contributed by atoms with Crippen LogP contribution in [0.4, 0.5) is 0 Å². The van der Waals surface area contributed by atoms with E-state index < -0.39 is 0 Å². The number of carbonyl (C=O) groups is 1. The van der Waals surface area contributed by atoms with Gasteiger partial charge in [-0.2, -0.15) is 0 Å². The number of aryl methyl sites for hydroxylation is 2. The lowest BCUT2D eigenvalue weighted by atomic mass is 10.0. The number of imidazole rings is 1. The molecule has 1 amide bonds. The molecule has 1 aliphatic rings. The Morgan fingerprint density at radius 1 is 1.42 bits per heavy atom. The highest BCUT2D eigenvalue weighted by Gasteiger charge is 2.18. The van der Waals surface area contributed by atoms with E-state index in [9.17, 15) is 4.79 Å². The zero-order chi connectivity index (χ0) is 13.1. The number of hydrogen-bond donors (Lipinski definition) is 2. The first-order valence-electron chi connectivity index (χ1n) is 6.58. The van der Waals surface area contributed by atoms with Crippen LogP contribution in [0.3, 0.4) is 0 Å². The van der Waals surface area contributed by atoms with Crippen molar-refractivity contribution >= 4 is 17.2 Å². The van der Waals surface area contributed by atoms with E-state index in [-0.39, 0.29) is 5.91 Å². The summed E-state index contributed by atoms with van der Waals surface area (Å²) in [6, 6.07) is 0. The van der Waals surface area contributed by atoms with Crippen LogP contribution in [0.15, 0.2) is 12.4 Å². The summed E-state index contributed by atoms with van der Waals surface area (Å²) >= 11 is 1.54. The predicted octanol–water partition coefficient (Wildman–Crippen LogP) is 1.72. The third-order valence-electron chi connectivity index (χ3n) is 3.24. The molecule has 0 aromatic carbocycles. The molecule has 0 unspecified atom stereocenters. The van der Waals surface area contributed by atoms with Gasteiger partial charge in [0.1, 0.15) is 5.82 Å². The van der Waals surface area contributed by atoms with Gasteiger partial charge in [0.25, 0.3) is 5.91 Å². The minimum Gasteiger partial charge on any atom is -0.350 e. The molecule has 2 aromatic rings. The minimum absolute atomic E-state index is 0.0639. The lowest BCUT2D eigenvalue weighted by molar-refractivity contribution is 0.0953. The van der Waals surface area contributed by atoms with Gasteiger partial charge in [-0.05, 0) is 25.7 Å². The van der Waals surface area contributed by atoms with Crippen molar-refractivity contribution in [2.75, 3.05) is 6.54 Å². The van der Waals surface area contributed by atoms with Crippen LogP contribution >= 0.6 is 11.3 Å². The Bertz CT molecular complexity index is 538. The molecule has 0 aliphatic heterocycles. The number of amides is 1. The van der Waals surface area contributed by atoms with Crippen molar-refractivity contribution in [2.45, 2.75) is 32.1 Å². The molecule has 100 valence electrons. The highest BCUT2D eigenvalue weighted by Crippen LogP contribution is 2.26. The van der Waals surface area contributed by atoms with Crippen LogP contribution in [0.5, 0.6) is 0 Å². The molecule has 0 bridgehead atoms. The Balaban J connectivity index is 1.56. The van der Waals surface area contributed by atoms with Gasteiger partial charge >= 0.3 is 0 Å². The molecule has 2 N–H and O–H groups in total. The van der Waals surface area contributed by atoms with Gasteiger partial charge in [-0.3, -0.25) is 4.79 Å². The highest BCUT2D eigenvalue weighted by molar-refractivity contribution is 7.13. The summed E-state index contributed by atoms with van der Waals surface area (Å²) in [7, 11) is 0. The van der Waals surface area contributed by atoms with E-state index in [4.69, 9.17) is 0 Å². The summed E-state index contributed by atoms with van der Waals surface area (Å²) < 4.78 is 0. The van der Waals surface area contributed by atoms with E-state index in [2.05, 4.69) is 20.3 Å². The van der Waals surface area contributed by atoms with Crippen molar-refractivity contribution in [1.29, 1.82) is 0 Å². The number of aromatic nitrogens is 3. The smallest absolute Gasteiger partial charge is 0.280 e. The fraction of sp³-hybridized carbons (Fsp3) is 0.462. The van der Waals surface area contributed by atoms with E-state index >= 15 is 0 Å². The number of nitrogens with one attached hydrogen (secondary N) is 2. The van der Waals surface area contributed by atoms with E-state index in [0.29, 0.717) is 18.0 Å². The molecule has 3 rings (SSSR count). The van der Waals surface area contributed by atoms with Crippen molar-refractivity contribution in [1.82, 2.24) is 20.3 Å². The fourth-order valence-electron chi connectivity index (χ4n) is 2.25. The second kappa shape index (κ2) is 5.52. The molecule has 0 saturated heterocycles. The second-order valence-electron chi connectivity index (χ2n) is 4.64. The lowest BCUT2D eigenvalue weighted by Gasteiger charge is -2.06. The number of thiazole rings is 1. The largest absolute Gasteiger partial charge is 0.350 e. The number of carbonyl (C=O) groups excluding carboxylic acids is 1. The average molecular weight is 276 g/mol. The van der Waals surface area contributed by atoms with Crippen LogP contribution in [0.1, 0.15) is 39.0 Å². The zero-order valence-corrected chi connectivity index (χ0v) is 11.4. The lowest BCUT2D eigenvalue weighted by Crippen LogP contribution is -2.25. The van der Waals surface area contributed by atoms with Crippen molar-refractivity contribution in [3.05, 3.63) is 33.8 Å². The number of hydrogen-bond acceptors (Lipinski definition) is 4.